The number of anilines is 1. The number of aromatic nitrogens is 2. The summed E-state index contributed by atoms with van der Waals surface area (Å²) in [4.78, 5) is 4.45. The first-order chi connectivity index (χ1) is 9.39. The zero-order valence-electron chi connectivity index (χ0n) is 12.2. The molecule has 1 aromatic heterocycles. The predicted octanol–water partition coefficient (Wildman–Crippen LogP) is 0.630. The number of hydrogen-bond donors (Lipinski definition) is 1. The summed E-state index contributed by atoms with van der Waals surface area (Å²) in [5.74, 6) is 0.805. The van der Waals surface area contributed by atoms with E-state index in [1.807, 2.05) is 26.0 Å². The lowest BCUT2D eigenvalue weighted by molar-refractivity contribution is 0.0307. The van der Waals surface area contributed by atoms with Crippen molar-refractivity contribution in [2.24, 2.45) is 0 Å². The SMILES string of the molecule is CC1CN(CC(C)(C)O)CCN1c1ccc(C#N)nn1. The summed E-state index contributed by atoms with van der Waals surface area (Å²) >= 11 is 0. The smallest absolute Gasteiger partial charge is 0.163 e. The first kappa shape index (κ1) is 14.7. The van der Waals surface area contributed by atoms with Crippen molar-refractivity contribution in [3.05, 3.63) is 17.8 Å². The number of rotatable bonds is 3. The highest BCUT2D eigenvalue weighted by Gasteiger charge is 2.27. The molecule has 108 valence electrons. The van der Waals surface area contributed by atoms with Gasteiger partial charge in [-0.3, -0.25) is 4.90 Å². The van der Waals surface area contributed by atoms with E-state index in [0.29, 0.717) is 18.3 Å². The molecule has 6 nitrogen and oxygen atoms in total. The average molecular weight is 275 g/mol. The van der Waals surface area contributed by atoms with Gasteiger partial charge in [0.25, 0.3) is 0 Å². The molecule has 1 atom stereocenters. The molecule has 0 bridgehead atoms. The third kappa shape index (κ3) is 3.65. The summed E-state index contributed by atoms with van der Waals surface area (Å²) in [7, 11) is 0. The first-order valence-electron chi connectivity index (χ1n) is 6.84. The average Bonchev–Trinajstić information content (AvgIpc) is 2.37. The molecular weight excluding hydrogens is 254 g/mol. The fraction of sp³-hybridized carbons (Fsp3) is 0.643. The highest BCUT2D eigenvalue weighted by Crippen LogP contribution is 2.19. The van der Waals surface area contributed by atoms with Crippen LogP contribution in [0, 0.1) is 11.3 Å². The van der Waals surface area contributed by atoms with Crippen molar-refractivity contribution < 1.29 is 5.11 Å². The van der Waals surface area contributed by atoms with E-state index in [1.54, 1.807) is 6.07 Å². The van der Waals surface area contributed by atoms with Crippen molar-refractivity contribution in [2.75, 3.05) is 31.1 Å². The summed E-state index contributed by atoms with van der Waals surface area (Å²) in [6, 6.07) is 5.81. The molecule has 1 unspecified atom stereocenters. The molecule has 6 heteroatoms. The molecule has 1 saturated heterocycles. The van der Waals surface area contributed by atoms with Gasteiger partial charge >= 0.3 is 0 Å². The van der Waals surface area contributed by atoms with Gasteiger partial charge in [-0.25, -0.2) is 0 Å². The molecule has 0 saturated carbocycles. The molecule has 0 aromatic carbocycles. The van der Waals surface area contributed by atoms with Crippen LogP contribution in [0.5, 0.6) is 0 Å². The molecule has 0 aliphatic carbocycles. The van der Waals surface area contributed by atoms with Crippen molar-refractivity contribution >= 4 is 5.82 Å². The Kier molecular flexibility index (Phi) is 4.21. The minimum atomic E-state index is -0.670. The number of nitriles is 1. The van der Waals surface area contributed by atoms with Gasteiger partial charge in [0, 0.05) is 32.2 Å². The normalized spacial score (nSPS) is 20.8. The molecular formula is C14H21N5O. The van der Waals surface area contributed by atoms with Gasteiger partial charge < -0.3 is 10.0 Å². The maximum Gasteiger partial charge on any atom is 0.163 e. The van der Waals surface area contributed by atoms with Crippen molar-refractivity contribution in [1.29, 1.82) is 5.26 Å². The molecule has 2 rings (SSSR count). The zero-order chi connectivity index (χ0) is 14.8. The second kappa shape index (κ2) is 5.73. The van der Waals surface area contributed by atoms with Gasteiger partial charge in [0.05, 0.1) is 5.60 Å². The number of aliphatic hydroxyl groups is 1. The lowest BCUT2D eigenvalue weighted by Gasteiger charge is -2.42. The fourth-order valence-corrected chi connectivity index (χ4v) is 2.60. The molecule has 2 heterocycles. The largest absolute Gasteiger partial charge is 0.389 e. The van der Waals surface area contributed by atoms with E-state index >= 15 is 0 Å². The molecule has 0 spiro atoms. The van der Waals surface area contributed by atoms with E-state index in [4.69, 9.17) is 5.26 Å². The quantitative estimate of drug-likeness (QED) is 0.872. The minimum Gasteiger partial charge on any atom is -0.389 e. The van der Waals surface area contributed by atoms with E-state index < -0.39 is 5.60 Å². The van der Waals surface area contributed by atoms with Gasteiger partial charge in [-0.15, -0.1) is 10.2 Å². The molecule has 1 aliphatic heterocycles. The Morgan fingerprint density at radius 1 is 1.40 bits per heavy atom. The number of nitrogens with zero attached hydrogens (tertiary/aromatic N) is 5. The third-order valence-electron chi connectivity index (χ3n) is 3.38. The summed E-state index contributed by atoms with van der Waals surface area (Å²) < 4.78 is 0. The Morgan fingerprint density at radius 2 is 2.15 bits per heavy atom. The van der Waals surface area contributed by atoms with Crippen LogP contribution in [0.1, 0.15) is 26.5 Å². The van der Waals surface area contributed by atoms with Crippen LogP contribution in [0.4, 0.5) is 5.82 Å². The predicted molar refractivity (Wildman–Crippen MR) is 76.3 cm³/mol. The van der Waals surface area contributed by atoms with Crippen LogP contribution in [0.25, 0.3) is 0 Å². The third-order valence-corrected chi connectivity index (χ3v) is 3.38. The zero-order valence-corrected chi connectivity index (χ0v) is 12.2. The summed E-state index contributed by atoms with van der Waals surface area (Å²) in [6.07, 6.45) is 0. The lowest BCUT2D eigenvalue weighted by Crippen LogP contribution is -2.55. The summed E-state index contributed by atoms with van der Waals surface area (Å²) in [5, 5.41) is 26.6. The summed E-state index contributed by atoms with van der Waals surface area (Å²) in [6.45, 7) is 9.08. The van der Waals surface area contributed by atoms with E-state index in [9.17, 15) is 5.11 Å². The van der Waals surface area contributed by atoms with Crippen molar-refractivity contribution in [2.45, 2.75) is 32.4 Å². The van der Waals surface area contributed by atoms with Gasteiger partial charge in [0.1, 0.15) is 6.07 Å². The first-order valence-corrected chi connectivity index (χ1v) is 6.84. The Hall–Kier alpha value is -1.71. The van der Waals surface area contributed by atoms with Crippen LogP contribution < -0.4 is 4.90 Å². The molecule has 1 N–H and O–H groups in total. The Labute approximate surface area is 119 Å². The van der Waals surface area contributed by atoms with Crippen molar-refractivity contribution in [3.8, 4) is 6.07 Å². The van der Waals surface area contributed by atoms with Crippen LogP contribution >= 0.6 is 0 Å². The molecule has 1 aromatic rings. The molecule has 1 fully saturated rings. The maximum atomic E-state index is 9.89. The molecule has 20 heavy (non-hydrogen) atoms. The van der Waals surface area contributed by atoms with Crippen LogP contribution in [-0.2, 0) is 0 Å². The van der Waals surface area contributed by atoms with Crippen molar-refractivity contribution in [3.63, 3.8) is 0 Å². The van der Waals surface area contributed by atoms with Gasteiger partial charge in [0.15, 0.2) is 11.5 Å². The number of piperazine rings is 1. The van der Waals surface area contributed by atoms with Gasteiger partial charge in [-0.1, -0.05) is 0 Å². The Morgan fingerprint density at radius 3 is 2.65 bits per heavy atom. The Balaban J connectivity index is 2.01. The van der Waals surface area contributed by atoms with Crippen LogP contribution in [0.3, 0.4) is 0 Å². The molecule has 1 aliphatic rings. The Bertz CT molecular complexity index is 488. The van der Waals surface area contributed by atoms with Gasteiger partial charge in [-0.05, 0) is 32.9 Å². The van der Waals surface area contributed by atoms with Crippen LogP contribution in [-0.4, -0.2) is 58.0 Å². The fourth-order valence-electron chi connectivity index (χ4n) is 2.60. The number of β-amino-alcohol motifs (C(OH)–C–C–N with tert-alkyl or cyclic N) is 1. The van der Waals surface area contributed by atoms with Crippen LogP contribution in [0.15, 0.2) is 12.1 Å². The van der Waals surface area contributed by atoms with E-state index in [1.165, 1.54) is 0 Å². The minimum absolute atomic E-state index is 0.299. The van der Waals surface area contributed by atoms with E-state index in [2.05, 4.69) is 26.9 Å². The number of hydrogen-bond acceptors (Lipinski definition) is 6. The van der Waals surface area contributed by atoms with Gasteiger partial charge in [-0.2, -0.15) is 5.26 Å². The standard InChI is InChI=1S/C14H21N5O/c1-11-9-18(10-14(2,3)20)6-7-19(11)13-5-4-12(8-15)16-17-13/h4-5,11,20H,6-7,9-10H2,1-3H3. The maximum absolute atomic E-state index is 9.89. The molecule has 0 radical (unpaired) electrons. The van der Waals surface area contributed by atoms with Crippen LogP contribution in [0.2, 0.25) is 0 Å². The van der Waals surface area contributed by atoms with E-state index in [-0.39, 0.29) is 0 Å². The second-order valence-corrected chi connectivity index (χ2v) is 5.98. The van der Waals surface area contributed by atoms with Gasteiger partial charge in [0.2, 0.25) is 0 Å². The topological polar surface area (TPSA) is 76.3 Å². The highest BCUT2D eigenvalue weighted by atomic mass is 16.3. The highest BCUT2D eigenvalue weighted by molar-refractivity contribution is 5.40. The second-order valence-electron chi connectivity index (χ2n) is 5.98. The monoisotopic (exact) mass is 275 g/mol. The van der Waals surface area contributed by atoms with E-state index in [0.717, 1.165) is 25.5 Å². The lowest BCUT2D eigenvalue weighted by atomic mass is 10.1. The van der Waals surface area contributed by atoms with Crippen molar-refractivity contribution in [1.82, 2.24) is 15.1 Å². The summed E-state index contributed by atoms with van der Waals surface area (Å²) in [5.41, 5.74) is -0.335. The molecule has 0 amide bonds.